The molecule has 2 aromatic carbocycles. The van der Waals surface area contributed by atoms with Crippen LogP contribution >= 0.6 is 0 Å². The second-order valence-electron chi connectivity index (χ2n) is 9.69. The summed E-state index contributed by atoms with van der Waals surface area (Å²) in [4.78, 5) is 19.4. The van der Waals surface area contributed by atoms with E-state index in [1.807, 2.05) is 18.2 Å². The van der Waals surface area contributed by atoms with Crippen molar-refractivity contribution in [1.29, 1.82) is 0 Å². The molecule has 220 valence electrons. The number of hydrogen-bond donors (Lipinski definition) is 3. The van der Waals surface area contributed by atoms with Crippen molar-refractivity contribution in [3.63, 3.8) is 0 Å². The van der Waals surface area contributed by atoms with E-state index in [2.05, 4.69) is 15.0 Å². The van der Waals surface area contributed by atoms with E-state index in [1.165, 1.54) is 34.1 Å². The number of nitrogens with zero attached hydrogens (tertiary/aromatic N) is 3. The maximum Gasteiger partial charge on any atom is 0.389 e. The highest BCUT2D eigenvalue weighted by atomic mass is 32.2. The molecule has 0 aliphatic carbocycles. The number of carbonyl (C=O) groups is 1. The molecule has 2 heterocycles. The smallest absolute Gasteiger partial charge is 0.387 e. The number of aliphatic hydroxyl groups excluding tert-OH is 1. The normalized spacial score (nSPS) is 14.9. The van der Waals surface area contributed by atoms with Gasteiger partial charge in [-0.25, -0.2) is 13.2 Å². The van der Waals surface area contributed by atoms with Gasteiger partial charge in [0, 0.05) is 61.9 Å². The molecule has 2 amide bonds. The third kappa shape index (κ3) is 8.65. The Bertz CT molecular complexity index is 1390. The van der Waals surface area contributed by atoms with Crippen molar-refractivity contribution in [2.75, 3.05) is 42.3 Å². The molecule has 41 heavy (non-hydrogen) atoms. The van der Waals surface area contributed by atoms with Crippen molar-refractivity contribution in [3.05, 3.63) is 84.2 Å². The highest BCUT2D eigenvalue weighted by Crippen LogP contribution is 2.26. The summed E-state index contributed by atoms with van der Waals surface area (Å²) in [5.74, 6) is 0. The number of rotatable bonds is 13. The van der Waals surface area contributed by atoms with Gasteiger partial charge in [0.05, 0.1) is 11.0 Å². The summed E-state index contributed by atoms with van der Waals surface area (Å²) in [6, 6.07) is 15.9. The lowest BCUT2D eigenvalue weighted by molar-refractivity contribution is -0.135. The summed E-state index contributed by atoms with van der Waals surface area (Å²) in [7, 11) is -3.89. The van der Waals surface area contributed by atoms with Crippen LogP contribution in [-0.2, 0) is 16.4 Å². The number of nitrogens with one attached hydrogen (secondary N) is 2. The molecule has 3 N–H and O–H groups in total. The molecule has 0 bridgehead atoms. The standard InChI is InChI=1S/C28H32F3N5O4S/c29-28(30,31)13-2-16-35-17-18-36(27(35)38)24-8-10-25(11-9-24)41(39,40)34-23-6-4-21(5-7-23)12-15-33-20-26(37)22-3-1-14-32-19-22/h1,3-11,14,19,26,33-34,37H,2,12-13,15-18,20H2. The van der Waals surface area contributed by atoms with Crippen LogP contribution in [0.1, 0.15) is 30.1 Å². The van der Waals surface area contributed by atoms with E-state index in [9.17, 15) is 31.5 Å². The molecule has 1 aliphatic heterocycles. The van der Waals surface area contributed by atoms with Crippen molar-refractivity contribution in [1.82, 2.24) is 15.2 Å². The molecule has 4 rings (SSSR count). The number of anilines is 2. The Morgan fingerprint density at radius 3 is 2.41 bits per heavy atom. The van der Waals surface area contributed by atoms with Gasteiger partial charge >= 0.3 is 12.2 Å². The molecule has 3 aromatic rings. The Morgan fingerprint density at radius 1 is 1.02 bits per heavy atom. The van der Waals surface area contributed by atoms with E-state index in [1.54, 1.807) is 30.6 Å². The fraction of sp³-hybridized carbons (Fsp3) is 0.357. The Kier molecular flexibility index (Phi) is 9.84. The Hall–Kier alpha value is -3.68. The number of pyridine rings is 1. The van der Waals surface area contributed by atoms with Gasteiger partial charge in [0.15, 0.2) is 0 Å². The lowest BCUT2D eigenvalue weighted by Gasteiger charge is -2.19. The van der Waals surface area contributed by atoms with E-state index in [-0.39, 0.29) is 17.9 Å². The highest BCUT2D eigenvalue weighted by molar-refractivity contribution is 7.92. The molecule has 0 spiro atoms. The Labute approximate surface area is 237 Å². The summed E-state index contributed by atoms with van der Waals surface area (Å²) >= 11 is 0. The highest BCUT2D eigenvalue weighted by Gasteiger charge is 2.32. The second kappa shape index (κ2) is 13.3. The molecule has 1 atom stereocenters. The van der Waals surface area contributed by atoms with Gasteiger partial charge in [0.1, 0.15) is 0 Å². The summed E-state index contributed by atoms with van der Waals surface area (Å²) < 4.78 is 65.5. The number of carbonyl (C=O) groups excluding carboxylic acids is 1. The van der Waals surface area contributed by atoms with Crippen LogP contribution in [-0.4, -0.2) is 68.3 Å². The Morgan fingerprint density at radius 2 is 1.76 bits per heavy atom. The molecule has 9 nitrogen and oxygen atoms in total. The minimum absolute atomic E-state index is 0.00961. The largest absolute Gasteiger partial charge is 0.389 e. The fourth-order valence-electron chi connectivity index (χ4n) is 4.42. The minimum Gasteiger partial charge on any atom is -0.387 e. The van der Waals surface area contributed by atoms with Crippen LogP contribution in [0.5, 0.6) is 0 Å². The quantitative estimate of drug-likeness (QED) is 0.255. The zero-order valence-electron chi connectivity index (χ0n) is 22.2. The zero-order chi connectivity index (χ0) is 29.5. The summed E-state index contributed by atoms with van der Waals surface area (Å²) in [6.07, 6.45) is -2.08. The van der Waals surface area contributed by atoms with Gasteiger partial charge < -0.3 is 15.3 Å². The van der Waals surface area contributed by atoms with Crippen LogP contribution < -0.4 is 14.9 Å². The van der Waals surface area contributed by atoms with Gasteiger partial charge in [-0.1, -0.05) is 18.2 Å². The first-order valence-electron chi connectivity index (χ1n) is 13.2. The number of amides is 2. The SMILES string of the molecule is O=C1N(CCCC(F)(F)F)CCN1c1ccc(S(=O)(=O)Nc2ccc(CCNCC(O)c3cccnc3)cc2)cc1. The number of halogens is 3. The number of aromatic nitrogens is 1. The van der Waals surface area contributed by atoms with E-state index >= 15 is 0 Å². The monoisotopic (exact) mass is 591 g/mol. The average Bonchev–Trinajstić information content (AvgIpc) is 3.31. The van der Waals surface area contributed by atoms with Gasteiger partial charge in [0.2, 0.25) is 0 Å². The van der Waals surface area contributed by atoms with Gasteiger partial charge in [-0.05, 0) is 67.4 Å². The van der Waals surface area contributed by atoms with Crippen molar-refractivity contribution < 1.29 is 31.5 Å². The number of benzene rings is 2. The fourth-order valence-corrected chi connectivity index (χ4v) is 5.48. The van der Waals surface area contributed by atoms with Gasteiger partial charge in [-0.15, -0.1) is 0 Å². The van der Waals surface area contributed by atoms with Crippen LogP contribution in [0.4, 0.5) is 29.3 Å². The van der Waals surface area contributed by atoms with Crippen molar-refractivity contribution in [2.45, 2.75) is 36.4 Å². The number of alkyl halides is 3. The van der Waals surface area contributed by atoms with Crippen LogP contribution in [0, 0.1) is 0 Å². The predicted octanol–water partition coefficient (Wildman–Crippen LogP) is 4.33. The molecule has 0 saturated carbocycles. The maximum absolute atomic E-state index is 12.9. The van der Waals surface area contributed by atoms with Crippen molar-refractivity contribution in [3.8, 4) is 0 Å². The van der Waals surface area contributed by atoms with Crippen LogP contribution in [0.3, 0.4) is 0 Å². The molecule has 1 aromatic heterocycles. The third-order valence-electron chi connectivity index (χ3n) is 6.65. The number of urea groups is 1. The first kappa shape index (κ1) is 30.3. The molecular formula is C28H32F3N5O4S. The zero-order valence-corrected chi connectivity index (χ0v) is 23.0. The first-order chi connectivity index (χ1) is 19.5. The molecular weight excluding hydrogens is 559 g/mol. The molecule has 1 unspecified atom stereocenters. The molecule has 13 heteroatoms. The number of aliphatic hydroxyl groups is 1. The van der Waals surface area contributed by atoms with Gasteiger partial charge in [0.25, 0.3) is 10.0 Å². The second-order valence-corrected chi connectivity index (χ2v) is 11.4. The summed E-state index contributed by atoms with van der Waals surface area (Å²) in [5, 5.41) is 13.4. The molecule has 0 radical (unpaired) electrons. The number of hydrogen-bond acceptors (Lipinski definition) is 6. The third-order valence-corrected chi connectivity index (χ3v) is 8.04. The molecule has 1 aliphatic rings. The van der Waals surface area contributed by atoms with Crippen LogP contribution in [0.15, 0.2) is 78.0 Å². The lowest BCUT2D eigenvalue weighted by atomic mass is 10.1. The van der Waals surface area contributed by atoms with Crippen LogP contribution in [0.2, 0.25) is 0 Å². The Balaban J connectivity index is 1.25. The van der Waals surface area contributed by atoms with Gasteiger partial charge in [-0.3, -0.25) is 14.6 Å². The van der Waals surface area contributed by atoms with Crippen molar-refractivity contribution >= 4 is 27.4 Å². The summed E-state index contributed by atoms with van der Waals surface area (Å²) in [5.41, 5.74) is 2.59. The average molecular weight is 592 g/mol. The van der Waals surface area contributed by atoms with Crippen LogP contribution in [0.25, 0.3) is 0 Å². The van der Waals surface area contributed by atoms with Crippen molar-refractivity contribution in [2.24, 2.45) is 0 Å². The van der Waals surface area contributed by atoms with E-state index in [0.29, 0.717) is 44.0 Å². The minimum atomic E-state index is -4.26. The topological polar surface area (TPSA) is 115 Å². The first-order valence-corrected chi connectivity index (χ1v) is 14.6. The van der Waals surface area contributed by atoms with E-state index < -0.39 is 34.8 Å². The number of sulfonamides is 1. The molecule has 1 saturated heterocycles. The maximum atomic E-state index is 12.9. The van der Waals surface area contributed by atoms with E-state index in [0.717, 1.165) is 11.1 Å². The van der Waals surface area contributed by atoms with E-state index in [4.69, 9.17) is 0 Å². The lowest BCUT2D eigenvalue weighted by Crippen LogP contribution is -2.32. The predicted molar refractivity (Wildman–Crippen MR) is 149 cm³/mol. The summed E-state index contributed by atoms with van der Waals surface area (Å²) in [6.45, 7) is 1.63. The van der Waals surface area contributed by atoms with Gasteiger partial charge in [-0.2, -0.15) is 13.2 Å². The molecule has 1 fully saturated rings.